The van der Waals surface area contributed by atoms with Crippen molar-refractivity contribution in [3.05, 3.63) is 64.5 Å². The van der Waals surface area contributed by atoms with Crippen LogP contribution >= 0.6 is 22.9 Å². The normalized spacial score (nSPS) is 10.7. The maximum absolute atomic E-state index is 11.8. The molecule has 0 aliphatic carbocycles. The number of nitrogens with zero attached hydrogens (tertiary/aromatic N) is 1. The summed E-state index contributed by atoms with van der Waals surface area (Å²) in [6, 6.07) is 11.4. The summed E-state index contributed by atoms with van der Waals surface area (Å²) in [6.07, 6.45) is 3.36. The number of hydrogen-bond donors (Lipinski definition) is 1. The molecule has 3 rings (SSSR count). The van der Waals surface area contributed by atoms with E-state index in [0.29, 0.717) is 30.8 Å². The van der Waals surface area contributed by atoms with Gasteiger partial charge in [0.05, 0.1) is 17.0 Å². The molecule has 2 heterocycles. The second-order valence-electron chi connectivity index (χ2n) is 5.30. The highest BCUT2D eigenvalue weighted by atomic mass is 35.5. The van der Waals surface area contributed by atoms with Crippen molar-refractivity contribution in [3.63, 3.8) is 0 Å². The zero-order valence-corrected chi connectivity index (χ0v) is 14.6. The summed E-state index contributed by atoms with van der Waals surface area (Å²) in [6.45, 7) is 0.572. The van der Waals surface area contributed by atoms with Crippen LogP contribution in [0.3, 0.4) is 0 Å². The quantitative estimate of drug-likeness (QED) is 0.681. The maximum atomic E-state index is 11.8. The van der Waals surface area contributed by atoms with Crippen LogP contribution in [0.15, 0.2) is 52.5 Å². The molecule has 6 heteroatoms. The molecule has 0 fully saturated rings. The topological polar surface area (TPSA) is 55.1 Å². The predicted molar refractivity (Wildman–Crippen MR) is 96.3 cm³/mol. The molecule has 0 radical (unpaired) electrons. The minimum atomic E-state index is 0.0213. The number of thiazole rings is 1. The smallest absolute Gasteiger partial charge is 0.220 e. The van der Waals surface area contributed by atoms with E-state index in [4.69, 9.17) is 16.0 Å². The Morgan fingerprint density at radius 2 is 2.08 bits per heavy atom. The third-order valence-corrected chi connectivity index (χ3v) is 4.79. The van der Waals surface area contributed by atoms with Crippen molar-refractivity contribution in [2.75, 3.05) is 6.54 Å². The lowest BCUT2D eigenvalue weighted by Crippen LogP contribution is -2.25. The molecule has 1 aromatic carbocycles. The molecular weight excluding hydrogens is 344 g/mol. The lowest BCUT2D eigenvalue weighted by atomic mass is 10.2. The number of amides is 1. The van der Waals surface area contributed by atoms with Crippen LogP contribution in [-0.2, 0) is 17.6 Å². The molecular formula is C18H17ClN2O2S. The molecule has 24 heavy (non-hydrogen) atoms. The first-order valence-electron chi connectivity index (χ1n) is 7.71. The molecule has 1 amide bonds. The Bertz CT molecular complexity index is 799. The number of furan rings is 1. The number of carbonyl (C=O) groups is 1. The summed E-state index contributed by atoms with van der Waals surface area (Å²) in [5.74, 6) is 0.849. The standard InChI is InChI=1S/C18H17ClN2O2S/c19-16-6-2-1-5-15(16)18-21-13(12-24-18)9-10-20-17(22)8-7-14-4-3-11-23-14/h1-6,11-12H,7-10H2,(H,20,22). The van der Waals surface area contributed by atoms with Crippen molar-refractivity contribution in [2.24, 2.45) is 0 Å². The van der Waals surface area contributed by atoms with Crippen molar-refractivity contribution in [2.45, 2.75) is 19.3 Å². The van der Waals surface area contributed by atoms with E-state index in [1.165, 1.54) is 0 Å². The maximum Gasteiger partial charge on any atom is 0.220 e. The third-order valence-electron chi connectivity index (χ3n) is 3.54. The van der Waals surface area contributed by atoms with Gasteiger partial charge in [-0.2, -0.15) is 0 Å². The molecule has 0 bridgehead atoms. The molecule has 3 aromatic rings. The largest absolute Gasteiger partial charge is 0.469 e. The van der Waals surface area contributed by atoms with Gasteiger partial charge >= 0.3 is 0 Å². The van der Waals surface area contributed by atoms with E-state index in [9.17, 15) is 4.79 Å². The van der Waals surface area contributed by atoms with Crippen LogP contribution in [0.5, 0.6) is 0 Å². The van der Waals surface area contributed by atoms with Gasteiger partial charge in [0.25, 0.3) is 0 Å². The number of rotatable bonds is 7. The van der Waals surface area contributed by atoms with Gasteiger partial charge < -0.3 is 9.73 Å². The molecule has 0 saturated carbocycles. The molecule has 0 saturated heterocycles. The second kappa shape index (κ2) is 8.13. The van der Waals surface area contributed by atoms with E-state index in [1.807, 2.05) is 41.8 Å². The SMILES string of the molecule is O=C(CCc1ccco1)NCCc1csc(-c2ccccc2Cl)n1. The Labute approximate surface area is 149 Å². The molecule has 0 spiro atoms. The Morgan fingerprint density at radius 1 is 1.21 bits per heavy atom. The number of nitrogens with one attached hydrogen (secondary N) is 1. The van der Waals surface area contributed by atoms with Crippen LogP contribution < -0.4 is 5.32 Å². The van der Waals surface area contributed by atoms with Crippen LogP contribution in [-0.4, -0.2) is 17.4 Å². The number of aryl methyl sites for hydroxylation is 1. The van der Waals surface area contributed by atoms with E-state index in [-0.39, 0.29) is 5.91 Å². The van der Waals surface area contributed by atoms with Gasteiger partial charge in [0.1, 0.15) is 10.8 Å². The number of carbonyl (C=O) groups excluding carboxylic acids is 1. The van der Waals surface area contributed by atoms with Gasteiger partial charge in [0.2, 0.25) is 5.91 Å². The van der Waals surface area contributed by atoms with Crippen LogP contribution in [0.25, 0.3) is 10.6 Å². The van der Waals surface area contributed by atoms with Gasteiger partial charge in [0.15, 0.2) is 0 Å². The minimum Gasteiger partial charge on any atom is -0.469 e. The molecule has 4 nitrogen and oxygen atoms in total. The van der Waals surface area contributed by atoms with Crippen LogP contribution in [0.2, 0.25) is 5.02 Å². The van der Waals surface area contributed by atoms with E-state index < -0.39 is 0 Å². The fourth-order valence-corrected chi connectivity index (χ4v) is 3.46. The van der Waals surface area contributed by atoms with Gasteiger partial charge in [-0.3, -0.25) is 4.79 Å². The summed E-state index contributed by atoms with van der Waals surface area (Å²) < 4.78 is 5.21. The number of benzene rings is 1. The first kappa shape index (κ1) is 16.7. The molecule has 0 unspecified atom stereocenters. The zero-order chi connectivity index (χ0) is 16.8. The van der Waals surface area contributed by atoms with Gasteiger partial charge in [-0.15, -0.1) is 11.3 Å². The zero-order valence-electron chi connectivity index (χ0n) is 13.0. The molecule has 2 aromatic heterocycles. The Balaban J connectivity index is 1.46. The molecule has 0 aliphatic rings. The fourth-order valence-electron chi connectivity index (χ4n) is 2.29. The number of hydrogen-bond acceptors (Lipinski definition) is 4. The van der Waals surface area contributed by atoms with Crippen LogP contribution in [0.1, 0.15) is 17.9 Å². The highest BCUT2D eigenvalue weighted by Gasteiger charge is 2.09. The van der Waals surface area contributed by atoms with Gasteiger partial charge in [-0.25, -0.2) is 4.98 Å². The third kappa shape index (κ3) is 4.46. The Kier molecular flexibility index (Phi) is 5.67. The number of halogens is 1. The highest BCUT2D eigenvalue weighted by molar-refractivity contribution is 7.13. The summed E-state index contributed by atoms with van der Waals surface area (Å²) in [5, 5.41) is 6.52. The lowest BCUT2D eigenvalue weighted by Gasteiger charge is -2.03. The Hall–Kier alpha value is -2.11. The van der Waals surface area contributed by atoms with Crippen molar-refractivity contribution >= 4 is 28.8 Å². The average Bonchev–Trinajstić information content (AvgIpc) is 3.25. The first-order chi connectivity index (χ1) is 11.7. The van der Waals surface area contributed by atoms with Crippen LogP contribution in [0.4, 0.5) is 0 Å². The summed E-state index contributed by atoms with van der Waals surface area (Å²) in [4.78, 5) is 16.4. The predicted octanol–water partition coefficient (Wildman–Crippen LogP) is 4.35. The van der Waals surface area contributed by atoms with Crippen molar-refractivity contribution in [3.8, 4) is 10.6 Å². The number of aromatic nitrogens is 1. The van der Waals surface area contributed by atoms with Crippen LogP contribution in [0, 0.1) is 0 Å². The van der Waals surface area contributed by atoms with E-state index in [0.717, 1.165) is 22.0 Å². The van der Waals surface area contributed by atoms with E-state index in [2.05, 4.69) is 10.3 Å². The summed E-state index contributed by atoms with van der Waals surface area (Å²) >= 11 is 7.76. The van der Waals surface area contributed by atoms with Crippen molar-refractivity contribution in [1.29, 1.82) is 0 Å². The first-order valence-corrected chi connectivity index (χ1v) is 8.96. The van der Waals surface area contributed by atoms with E-state index in [1.54, 1.807) is 17.6 Å². The fraction of sp³-hybridized carbons (Fsp3) is 0.222. The van der Waals surface area contributed by atoms with E-state index >= 15 is 0 Å². The molecule has 0 atom stereocenters. The molecule has 1 N–H and O–H groups in total. The summed E-state index contributed by atoms with van der Waals surface area (Å²) in [7, 11) is 0. The molecule has 0 aliphatic heterocycles. The average molecular weight is 361 g/mol. The minimum absolute atomic E-state index is 0.0213. The lowest BCUT2D eigenvalue weighted by molar-refractivity contribution is -0.121. The summed E-state index contributed by atoms with van der Waals surface area (Å²) in [5.41, 5.74) is 1.90. The Morgan fingerprint density at radius 3 is 2.88 bits per heavy atom. The second-order valence-corrected chi connectivity index (χ2v) is 6.57. The van der Waals surface area contributed by atoms with Crippen molar-refractivity contribution < 1.29 is 9.21 Å². The van der Waals surface area contributed by atoms with Crippen molar-refractivity contribution in [1.82, 2.24) is 10.3 Å². The molecule has 124 valence electrons. The highest BCUT2D eigenvalue weighted by Crippen LogP contribution is 2.30. The monoisotopic (exact) mass is 360 g/mol. The van der Waals surface area contributed by atoms with Gasteiger partial charge in [-0.05, 0) is 18.2 Å². The van der Waals surface area contributed by atoms with Gasteiger partial charge in [-0.1, -0.05) is 29.8 Å². The van der Waals surface area contributed by atoms with Gasteiger partial charge in [0, 0.05) is 36.8 Å².